The van der Waals surface area contributed by atoms with Crippen LogP contribution in [0.1, 0.15) is 38.7 Å². The van der Waals surface area contributed by atoms with E-state index in [2.05, 4.69) is 24.8 Å². The molecule has 0 radical (unpaired) electrons. The fourth-order valence-corrected chi connectivity index (χ4v) is 3.28. The van der Waals surface area contributed by atoms with Gasteiger partial charge >= 0.3 is 0 Å². The van der Waals surface area contributed by atoms with Crippen LogP contribution in [0.5, 0.6) is 0 Å². The zero-order chi connectivity index (χ0) is 15.9. The van der Waals surface area contributed by atoms with Crippen molar-refractivity contribution < 1.29 is 4.79 Å². The molecule has 0 bridgehead atoms. The summed E-state index contributed by atoms with van der Waals surface area (Å²) in [6.07, 6.45) is 2.99. The first-order valence-electron chi connectivity index (χ1n) is 8.33. The minimum absolute atomic E-state index is 0.323. The lowest BCUT2D eigenvalue weighted by Crippen LogP contribution is -2.48. The molecule has 1 atom stereocenters. The van der Waals surface area contributed by atoms with Crippen molar-refractivity contribution in [2.45, 2.75) is 39.7 Å². The zero-order valence-electron chi connectivity index (χ0n) is 13.7. The van der Waals surface area contributed by atoms with Crippen LogP contribution in [0.15, 0.2) is 24.3 Å². The standard InChI is InChI=1S/C18H27ClN2O/c1-3-5-15(2)12-18(22)21-10-8-20(9-11-21)14-16-6-4-7-17(19)13-16/h4,6-7,13,15H,3,5,8-12,14H2,1-2H3. The summed E-state index contributed by atoms with van der Waals surface area (Å²) in [5.74, 6) is 0.824. The molecule has 4 heteroatoms. The highest BCUT2D eigenvalue weighted by Gasteiger charge is 2.22. The number of benzene rings is 1. The van der Waals surface area contributed by atoms with E-state index < -0.39 is 0 Å². The number of nitrogens with zero attached hydrogens (tertiary/aromatic N) is 2. The molecule has 122 valence electrons. The molecular weight excluding hydrogens is 296 g/mol. The summed E-state index contributed by atoms with van der Waals surface area (Å²) in [6.45, 7) is 8.85. The van der Waals surface area contributed by atoms with Gasteiger partial charge in [-0.25, -0.2) is 0 Å². The highest BCUT2D eigenvalue weighted by Crippen LogP contribution is 2.16. The topological polar surface area (TPSA) is 23.6 Å². The molecule has 1 unspecified atom stereocenters. The molecule has 0 aromatic heterocycles. The smallest absolute Gasteiger partial charge is 0.222 e. The Bertz CT molecular complexity index is 484. The van der Waals surface area contributed by atoms with E-state index in [4.69, 9.17) is 11.6 Å². The Hall–Kier alpha value is -1.06. The van der Waals surface area contributed by atoms with E-state index in [1.54, 1.807) is 0 Å². The summed E-state index contributed by atoms with van der Waals surface area (Å²) in [5.41, 5.74) is 1.24. The Labute approximate surface area is 139 Å². The summed E-state index contributed by atoms with van der Waals surface area (Å²) in [6, 6.07) is 8.02. The molecule has 0 spiro atoms. The quantitative estimate of drug-likeness (QED) is 0.795. The molecule has 1 saturated heterocycles. The summed E-state index contributed by atoms with van der Waals surface area (Å²) >= 11 is 6.03. The van der Waals surface area contributed by atoms with Crippen LogP contribution in [0.2, 0.25) is 5.02 Å². The van der Waals surface area contributed by atoms with Crippen LogP contribution in [0.4, 0.5) is 0 Å². The molecular formula is C18H27ClN2O. The zero-order valence-corrected chi connectivity index (χ0v) is 14.5. The van der Waals surface area contributed by atoms with Crippen molar-refractivity contribution >= 4 is 17.5 Å². The van der Waals surface area contributed by atoms with Gasteiger partial charge < -0.3 is 4.90 Å². The van der Waals surface area contributed by atoms with Crippen molar-refractivity contribution in [1.82, 2.24) is 9.80 Å². The lowest BCUT2D eigenvalue weighted by atomic mass is 10.0. The number of amides is 1. The van der Waals surface area contributed by atoms with E-state index in [-0.39, 0.29) is 0 Å². The number of halogens is 1. The predicted molar refractivity (Wildman–Crippen MR) is 92.0 cm³/mol. The van der Waals surface area contributed by atoms with Gasteiger partial charge in [0.05, 0.1) is 0 Å². The van der Waals surface area contributed by atoms with Crippen molar-refractivity contribution in [3.05, 3.63) is 34.9 Å². The van der Waals surface area contributed by atoms with E-state index in [0.717, 1.165) is 50.6 Å². The van der Waals surface area contributed by atoms with Crippen LogP contribution < -0.4 is 0 Å². The third kappa shape index (κ3) is 5.29. The van der Waals surface area contributed by atoms with Crippen LogP contribution in [0, 0.1) is 5.92 Å². The SMILES string of the molecule is CCCC(C)CC(=O)N1CCN(Cc2cccc(Cl)c2)CC1. The van der Waals surface area contributed by atoms with Gasteiger partial charge in [0.15, 0.2) is 0 Å². The fourth-order valence-electron chi connectivity index (χ4n) is 3.07. The minimum atomic E-state index is 0.323. The first-order chi connectivity index (χ1) is 10.6. The van der Waals surface area contributed by atoms with Gasteiger partial charge in [-0.05, 0) is 23.6 Å². The second-order valence-corrected chi connectivity index (χ2v) is 6.82. The summed E-state index contributed by atoms with van der Waals surface area (Å²) in [5, 5.41) is 0.788. The van der Waals surface area contributed by atoms with Crippen molar-refractivity contribution in [3.8, 4) is 0 Å². The first-order valence-corrected chi connectivity index (χ1v) is 8.71. The molecule has 1 aliphatic heterocycles. The molecule has 0 saturated carbocycles. The third-order valence-electron chi connectivity index (χ3n) is 4.32. The average molecular weight is 323 g/mol. The Morgan fingerprint density at radius 3 is 2.64 bits per heavy atom. The minimum Gasteiger partial charge on any atom is -0.340 e. The van der Waals surface area contributed by atoms with Crippen molar-refractivity contribution in [2.75, 3.05) is 26.2 Å². The lowest BCUT2D eigenvalue weighted by molar-refractivity contribution is -0.133. The van der Waals surface area contributed by atoms with Gasteiger partial charge in [-0.15, -0.1) is 0 Å². The molecule has 0 N–H and O–H groups in total. The molecule has 1 fully saturated rings. The highest BCUT2D eigenvalue weighted by molar-refractivity contribution is 6.30. The second kappa shape index (κ2) is 8.54. The Balaban J connectivity index is 1.76. The monoisotopic (exact) mass is 322 g/mol. The molecule has 1 heterocycles. The maximum absolute atomic E-state index is 12.3. The van der Waals surface area contributed by atoms with Crippen molar-refractivity contribution in [3.63, 3.8) is 0 Å². The normalized spacial score (nSPS) is 17.5. The molecule has 1 amide bonds. The van der Waals surface area contributed by atoms with Crippen LogP contribution >= 0.6 is 11.6 Å². The van der Waals surface area contributed by atoms with Crippen molar-refractivity contribution in [2.24, 2.45) is 5.92 Å². The van der Waals surface area contributed by atoms with Crippen LogP contribution in [-0.2, 0) is 11.3 Å². The summed E-state index contributed by atoms with van der Waals surface area (Å²) < 4.78 is 0. The largest absolute Gasteiger partial charge is 0.340 e. The van der Waals surface area contributed by atoms with Gasteiger partial charge in [-0.1, -0.05) is 50.4 Å². The van der Waals surface area contributed by atoms with E-state index in [1.165, 1.54) is 5.56 Å². The number of carbonyl (C=O) groups excluding carboxylic acids is 1. The summed E-state index contributed by atoms with van der Waals surface area (Å²) in [4.78, 5) is 16.7. The van der Waals surface area contributed by atoms with Crippen LogP contribution in [-0.4, -0.2) is 41.9 Å². The lowest BCUT2D eigenvalue weighted by Gasteiger charge is -2.35. The molecule has 1 aliphatic rings. The predicted octanol–water partition coefficient (Wildman–Crippen LogP) is 3.81. The number of rotatable bonds is 6. The van der Waals surface area contributed by atoms with Gasteiger partial charge in [-0.2, -0.15) is 0 Å². The number of piperazine rings is 1. The first kappa shape index (κ1) is 17.3. The Morgan fingerprint density at radius 1 is 1.27 bits per heavy atom. The average Bonchev–Trinajstić information content (AvgIpc) is 2.48. The Morgan fingerprint density at radius 2 is 2.00 bits per heavy atom. The molecule has 1 aromatic rings. The Kier molecular flexibility index (Phi) is 6.71. The van der Waals surface area contributed by atoms with Crippen LogP contribution in [0.3, 0.4) is 0 Å². The van der Waals surface area contributed by atoms with E-state index in [1.807, 2.05) is 23.1 Å². The highest BCUT2D eigenvalue weighted by atomic mass is 35.5. The van der Waals surface area contributed by atoms with E-state index in [9.17, 15) is 4.79 Å². The third-order valence-corrected chi connectivity index (χ3v) is 4.56. The maximum atomic E-state index is 12.3. The van der Waals surface area contributed by atoms with E-state index in [0.29, 0.717) is 18.2 Å². The van der Waals surface area contributed by atoms with Gasteiger partial charge in [0.2, 0.25) is 5.91 Å². The maximum Gasteiger partial charge on any atom is 0.222 e. The van der Waals surface area contributed by atoms with Gasteiger partial charge in [0.1, 0.15) is 0 Å². The number of hydrogen-bond acceptors (Lipinski definition) is 2. The molecule has 0 aliphatic carbocycles. The second-order valence-electron chi connectivity index (χ2n) is 6.38. The van der Waals surface area contributed by atoms with Crippen molar-refractivity contribution in [1.29, 1.82) is 0 Å². The molecule has 22 heavy (non-hydrogen) atoms. The molecule has 1 aromatic carbocycles. The molecule has 2 rings (SSSR count). The van der Waals surface area contributed by atoms with Crippen LogP contribution in [0.25, 0.3) is 0 Å². The van der Waals surface area contributed by atoms with E-state index >= 15 is 0 Å². The fraction of sp³-hybridized carbons (Fsp3) is 0.611. The van der Waals surface area contributed by atoms with Gasteiger partial charge in [-0.3, -0.25) is 9.69 Å². The van der Waals surface area contributed by atoms with Gasteiger partial charge in [0, 0.05) is 44.2 Å². The number of hydrogen-bond donors (Lipinski definition) is 0. The number of carbonyl (C=O) groups is 1. The molecule has 3 nitrogen and oxygen atoms in total. The van der Waals surface area contributed by atoms with Gasteiger partial charge in [0.25, 0.3) is 0 Å². The summed E-state index contributed by atoms with van der Waals surface area (Å²) in [7, 11) is 0.